The number of nitrogens with zero attached hydrogens (tertiary/aromatic N) is 2. The molecule has 216 valence electrons. The molecule has 12 heteroatoms. The van der Waals surface area contributed by atoms with Crippen LogP contribution in [-0.4, -0.2) is 54.2 Å². The zero-order valence-corrected chi connectivity index (χ0v) is 21.9. The third-order valence-corrected chi connectivity index (χ3v) is 7.44. The SMILES string of the molecule is CN(C)C(=O)CCN1C(=O)c2ccccc2C(C(=O)NC2CCCC2)C1c1cc(C(F)(F)F)cc(C(F)(F)F)c1. The van der Waals surface area contributed by atoms with E-state index in [1.54, 1.807) is 12.1 Å². The first-order chi connectivity index (χ1) is 18.7. The summed E-state index contributed by atoms with van der Waals surface area (Å²) in [6.07, 6.45) is -7.39. The van der Waals surface area contributed by atoms with E-state index in [1.165, 1.54) is 31.1 Å². The summed E-state index contributed by atoms with van der Waals surface area (Å²) in [7, 11) is 2.96. The highest BCUT2D eigenvalue weighted by Gasteiger charge is 2.46. The van der Waals surface area contributed by atoms with Crippen molar-refractivity contribution < 1.29 is 40.7 Å². The Morgan fingerprint density at radius 1 is 0.950 bits per heavy atom. The van der Waals surface area contributed by atoms with Gasteiger partial charge in [0.05, 0.1) is 23.1 Å². The maximum Gasteiger partial charge on any atom is 0.416 e. The Kier molecular flexibility index (Phi) is 8.18. The highest BCUT2D eigenvalue weighted by molar-refractivity contribution is 6.01. The van der Waals surface area contributed by atoms with Gasteiger partial charge in [0, 0.05) is 38.7 Å². The van der Waals surface area contributed by atoms with Crippen LogP contribution < -0.4 is 5.32 Å². The molecule has 2 aromatic rings. The third-order valence-electron chi connectivity index (χ3n) is 7.44. The summed E-state index contributed by atoms with van der Waals surface area (Å²) in [6, 6.07) is 5.44. The van der Waals surface area contributed by atoms with E-state index < -0.39 is 58.7 Å². The molecule has 0 saturated heterocycles. The van der Waals surface area contributed by atoms with Crippen molar-refractivity contribution in [1.29, 1.82) is 0 Å². The fourth-order valence-corrected chi connectivity index (χ4v) is 5.44. The molecule has 1 N–H and O–H groups in total. The zero-order valence-electron chi connectivity index (χ0n) is 21.9. The fraction of sp³-hybridized carbons (Fsp3) is 0.464. The second-order valence-corrected chi connectivity index (χ2v) is 10.4. The standard InChI is InChI=1S/C28H29F6N3O3/c1-36(2)22(38)11-12-37-24(16-13-17(27(29,30)31)15-18(14-16)28(32,33)34)23(25(39)35-19-7-3-4-8-19)20-9-5-6-10-21(20)26(37)40/h5-6,9-10,13-15,19,23-24H,3-4,7-8,11-12H2,1-2H3,(H,35,39). The van der Waals surface area contributed by atoms with Crippen molar-refractivity contribution in [2.45, 2.75) is 62.5 Å². The molecule has 4 rings (SSSR count). The molecule has 1 saturated carbocycles. The molecular formula is C28H29F6N3O3. The predicted molar refractivity (Wildman–Crippen MR) is 133 cm³/mol. The minimum Gasteiger partial charge on any atom is -0.353 e. The number of alkyl halides is 6. The van der Waals surface area contributed by atoms with E-state index in [9.17, 15) is 40.7 Å². The number of hydrogen-bond donors (Lipinski definition) is 1. The average Bonchev–Trinajstić information content (AvgIpc) is 3.39. The van der Waals surface area contributed by atoms with E-state index >= 15 is 0 Å². The monoisotopic (exact) mass is 569 g/mol. The number of nitrogens with one attached hydrogen (secondary N) is 1. The molecule has 1 fully saturated rings. The number of rotatable bonds is 6. The van der Waals surface area contributed by atoms with Crippen molar-refractivity contribution in [2.24, 2.45) is 0 Å². The Balaban J connectivity index is 1.92. The van der Waals surface area contributed by atoms with Gasteiger partial charge in [0.25, 0.3) is 5.91 Å². The Labute approximate surface area is 227 Å². The predicted octanol–water partition coefficient (Wildman–Crippen LogP) is 5.54. The quantitative estimate of drug-likeness (QED) is 0.465. The maximum atomic E-state index is 13.8. The number of amides is 3. The molecule has 40 heavy (non-hydrogen) atoms. The summed E-state index contributed by atoms with van der Waals surface area (Å²) in [4.78, 5) is 42.2. The number of hydrogen-bond acceptors (Lipinski definition) is 3. The minimum atomic E-state index is -5.13. The van der Waals surface area contributed by atoms with E-state index in [2.05, 4.69) is 5.32 Å². The fourth-order valence-electron chi connectivity index (χ4n) is 5.44. The molecule has 2 aromatic carbocycles. The molecule has 1 aliphatic heterocycles. The van der Waals surface area contributed by atoms with E-state index in [-0.39, 0.29) is 36.2 Å². The Morgan fingerprint density at radius 2 is 1.52 bits per heavy atom. The van der Waals surface area contributed by atoms with Crippen LogP contribution in [0.5, 0.6) is 0 Å². The van der Waals surface area contributed by atoms with Gasteiger partial charge in [-0.15, -0.1) is 0 Å². The minimum absolute atomic E-state index is 0.00953. The van der Waals surface area contributed by atoms with Crippen molar-refractivity contribution in [3.05, 3.63) is 70.3 Å². The van der Waals surface area contributed by atoms with Crippen molar-refractivity contribution in [3.63, 3.8) is 0 Å². The number of fused-ring (bicyclic) bond motifs is 1. The van der Waals surface area contributed by atoms with Crippen molar-refractivity contribution in [1.82, 2.24) is 15.1 Å². The van der Waals surface area contributed by atoms with Gasteiger partial charge in [0.1, 0.15) is 0 Å². The van der Waals surface area contributed by atoms with Crippen LogP contribution in [0.15, 0.2) is 42.5 Å². The van der Waals surface area contributed by atoms with Gasteiger partial charge >= 0.3 is 12.4 Å². The smallest absolute Gasteiger partial charge is 0.353 e. The van der Waals surface area contributed by atoms with Gasteiger partial charge in [-0.25, -0.2) is 0 Å². The summed E-state index contributed by atoms with van der Waals surface area (Å²) in [5.41, 5.74) is -3.29. The molecule has 6 nitrogen and oxygen atoms in total. The van der Waals surface area contributed by atoms with Gasteiger partial charge in [0.2, 0.25) is 11.8 Å². The molecule has 0 spiro atoms. The van der Waals surface area contributed by atoms with Gasteiger partial charge in [0.15, 0.2) is 0 Å². The van der Waals surface area contributed by atoms with Crippen molar-refractivity contribution in [3.8, 4) is 0 Å². The average molecular weight is 570 g/mol. The molecule has 2 atom stereocenters. The summed E-state index contributed by atoms with van der Waals surface area (Å²) >= 11 is 0. The second kappa shape index (κ2) is 11.1. The molecule has 0 radical (unpaired) electrons. The van der Waals surface area contributed by atoms with Gasteiger partial charge in [-0.2, -0.15) is 26.3 Å². The van der Waals surface area contributed by atoms with Crippen LogP contribution in [0.2, 0.25) is 0 Å². The lowest BCUT2D eigenvalue weighted by Gasteiger charge is -2.42. The van der Waals surface area contributed by atoms with Crippen LogP contribution in [-0.2, 0) is 21.9 Å². The van der Waals surface area contributed by atoms with Crippen LogP contribution >= 0.6 is 0 Å². The number of halogens is 6. The van der Waals surface area contributed by atoms with Gasteiger partial charge in [-0.1, -0.05) is 31.0 Å². The first-order valence-electron chi connectivity index (χ1n) is 12.9. The van der Waals surface area contributed by atoms with Crippen molar-refractivity contribution >= 4 is 17.7 Å². The summed E-state index contributed by atoms with van der Waals surface area (Å²) in [5.74, 6) is -3.01. The Hall–Kier alpha value is -3.57. The highest BCUT2D eigenvalue weighted by atomic mass is 19.4. The number of carbonyl (C=O) groups excluding carboxylic acids is 3. The largest absolute Gasteiger partial charge is 0.416 e. The summed E-state index contributed by atoms with van der Waals surface area (Å²) in [5, 5.41) is 2.90. The third kappa shape index (κ3) is 6.10. The lowest BCUT2D eigenvalue weighted by Crippen LogP contribution is -2.49. The zero-order chi connectivity index (χ0) is 29.4. The maximum absolute atomic E-state index is 13.8. The summed E-state index contributed by atoms with van der Waals surface area (Å²) in [6.45, 7) is -0.320. The lowest BCUT2D eigenvalue weighted by atomic mass is 9.78. The first kappa shape index (κ1) is 29.4. The Bertz CT molecular complexity index is 1250. The van der Waals surface area contributed by atoms with Crippen LogP contribution in [0.4, 0.5) is 26.3 Å². The van der Waals surface area contributed by atoms with Crippen LogP contribution in [0.3, 0.4) is 0 Å². The molecule has 1 heterocycles. The summed E-state index contributed by atoms with van der Waals surface area (Å²) < 4.78 is 82.8. The van der Waals surface area contributed by atoms with E-state index in [0.717, 1.165) is 17.7 Å². The van der Waals surface area contributed by atoms with Crippen LogP contribution in [0, 0.1) is 0 Å². The highest BCUT2D eigenvalue weighted by Crippen LogP contribution is 2.46. The van der Waals surface area contributed by atoms with E-state index in [1.807, 2.05) is 0 Å². The van der Waals surface area contributed by atoms with Crippen molar-refractivity contribution in [2.75, 3.05) is 20.6 Å². The number of carbonyl (C=O) groups is 3. The second-order valence-electron chi connectivity index (χ2n) is 10.4. The lowest BCUT2D eigenvalue weighted by molar-refractivity contribution is -0.143. The molecule has 1 aliphatic carbocycles. The van der Waals surface area contributed by atoms with Gasteiger partial charge in [-0.05, 0) is 48.2 Å². The van der Waals surface area contributed by atoms with Gasteiger partial charge < -0.3 is 15.1 Å². The topological polar surface area (TPSA) is 69.7 Å². The number of benzene rings is 2. The first-order valence-corrected chi connectivity index (χ1v) is 12.9. The molecule has 0 aromatic heterocycles. The van der Waals surface area contributed by atoms with Crippen LogP contribution in [0.25, 0.3) is 0 Å². The molecule has 2 aliphatic rings. The van der Waals surface area contributed by atoms with Crippen LogP contribution in [0.1, 0.15) is 76.7 Å². The molecule has 0 bridgehead atoms. The molecule has 2 unspecified atom stereocenters. The van der Waals surface area contributed by atoms with Gasteiger partial charge in [-0.3, -0.25) is 14.4 Å². The van der Waals surface area contributed by atoms with E-state index in [0.29, 0.717) is 25.0 Å². The molecule has 3 amide bonds. The normalized spacial score (nSPS) is 19.9. The molecular weight excluding hydrogens is 540 g/mol. The van der Waals surface area contributed by atoms with E-state index in [4.69, 9.17) is 0 Å². The Morgan fingerprint density at radius 3 is 2.08 bits per heavy atom.